The monoisotopic (exact) mass is 446 g/mol. The molecule has 0 aliphatic carbocycles. The average molecular weight is 446 g/mol. The Morgan fingerprint density at radius 2 is 1.78 bits per heavy atom. The molecule has 2 aliphatic heterocycles. The maximum Gasteiger partial charge on any atom is 0.343 e. The lowest BCUT2D eigenvalue weighted by Crippen LogP contribution is -2.44. The van der Waals surface area contributed by atoms with Gasteiger partial charge in [0.1, 0.15) is 12.1 Å². The molecule has 2 aromatic carbocycles. The van der Waals surface area contributed by atoms with E-state index in [0.717, 1.165) is 16.9 Å². The summed E-state index contributed by atoms with van der Waals surface area (Å²) in [6, 6.07) is 16.6. The standard InChI is InChI=1S/C24H18N2O5S/c27-21(25-10-9-15-5-1-2-7-17(15)13-25)14-26-22(28)20(32-24(26)30)12-18-11-16-6-3-4-8-19(16)31-23(18)29/h1-8,11-12H,9-10,13-14H2/b20-12+. The number of nitrogens with zero attached hydrogens (tertiary/aromatic N) is 2. The third-order valence-corrected chi connectivity index (χ3v) is 6.51. The lowest BCUT2D eigenvalue weighted by atomic mass is 10.00. The number of para-hydroxylation sites is 1. The number of hydrogen-bond donors (Lipinski definition) is 0. The highest BCUT2D eigenvalue weighted by Crippen LogP contribution is 2.32. The summed E-state index contributed by atoms with van der Waals surface area (Å²) in [5, 5.41) is 0.176. The number of amides is 3. The Kier molecular flexibility index (Phi) is 5.14. The first-order valence-electron chi connectivity index (χ1n) is 10.1. The Balaban J connectivity index is 1.34. The van der Waals surface area contributed by atoms with E-state index < -0.39 is 16.8 Å². The fourth-order valence-electron chi connectivity index (χ4n) is 3.90. The van der Waals surface area contributed by atoms with Crippen LogP contribution in [0.2, 0.25) is 0 Å². The van der Waals surface area contributed by atoms with Crippen LogP contribution in [-0.2, 0) is 22.6 Å². The fraction of sp³-hybridized carbons (Fsp3) is 0.167. The number of imide groups is 1. The quantitative estimate of drug-likeness (QED) is 0.453. The minimum Gasteiger partial charge on any atom is -0.422 e. The summed E-state index contributed by atoms with van der Waals surface area (Å²) in [7, 11) is 0. The van der Waals surface area contributed by atoms with Crippen LogP contribution in [0.25, 0.3) is 17.0 Å². The van der Waals surface area contributed by atoms with Crippen molar-refractivity contribution in [3.8, 4) is 0 Å². The number of benzene rings is 2. The molecule has 5 rings (SSSR count). The Labute approximate surface area is 187 Å². The highest BCUT2D eigenvalue weighted by molar-refractivity contribution is 8.18. The van der Waals surface area contributed by atoms with Gasteiger partial charge in [-0.05, 0) is 47.5 Å². The molecule has 3 aromatic rings. The van der Waals surface area contributed by atoms with Crippen LogP contribution in [-0.4, -0.2) is 39.9 Å². The Morgan fingerprint density at radius 3 is 2.62 bits per heavy atom. The molecule has 1 saturated heterocycles. The van der Waals surface area contributed by atoms with Gasteiger partial charge in [0.15, 0.2) is 0 Å². The number of carbonyl (C=O) groups excluding carboxylic acids is 3. The highest BCUT2D eigenvalue weighted by atomic mass is 32.2. The summed E-state index contributed by atoms with van der Waals surface area (Å²) in [6.45, 7) is 0.676. The van der Waals surface area contributed by atoms with E-state index in [1.807, 2.05) is 30.3 Å². The molecule has 0 unspecified atom stereocenters. The van der Waals surface area contributed by atoms with Crippen LogP contribution in [0, 0.1) is 0 Å². The van der Waals surface area contributed by atoms with Crippen LogP contribution in [0.1, 0.15) is 16.7 Å². The Morgan fingerprint density at radius 1 is 1.03 bits per heavy atom. The van der Waals surface area contributed by atoms with Crippen molar-refractivity contribution in [1.82, 2.24) is 9.80 Å². The molecule has 0 spiro atoms. The van der Waals surface area contributed by atoms with E-state index in [1.165, 1.54) is 11.6 Å². The number of carbonyl (C=O) groups is 3. The zero-order chi connectivity index (χ0) is 22.2. The first-order chi connectivity index (χ1) is 15.5. The van der Waals surface area contributed by atoms with E-state index in [1.54, 1.807) is 29.2 Å². The minimum absolute atomic E-state index is 0.0920. The predicted octanol–water partition coefficient (Wildman–Crippen LogP) is 3.41. The van der Waals surface area contributed by atoms with Crippen LogP contribution in [0.15, 0.2) is 68.7 Å². The molecule has 32 heavy (non-hydrogen) atoms. The SMILES string of the molecule is O=C(CN1C(=O)S/C(=C/c2cc3ccccc3oc2=O)C1=O)N1CCc2ccccc2C1. The molecule has 0 N–H and O–H groups in total. The minimum atomic E-state index is -0.599. The van der Waals surface area contributed by atoms with Crippen molar-refractivity contribution in [3.05, 3.63) is 86.6 Å². The van der Waals surface area contributed by atoms with E-state index >= 15 is 0 Å². The summed E-state index contributed by atoms with van der Waals surface area (Å²) in [6.07, 6.45) is 2.09. The van der Waals surface area contributed by atoms with Crippen LogP contribution < -0.4 is 5.63 Å². The summed E-state index contributed by atoms with van der Waals surface area (Å²) in [5.41, 5.74) is 2.30. The van der Waals surface area contributed by atoms with Crippen LogP contribution in [0.3, 0.4) is 0 Å². The van der Waals surface area contributed by atoms with Crippen molar-refractivity contribution in [1.29, 1.82) is 0 Å². The summed E-state index contributed by atoms with van der Waals surface area (Å²) >= 11 is 0.715. The number of fused-ring (bicyclic) bond motifs is 2. The van der Waals surface area contributed by atoms with Gasteiger partial charge in [-0.3, -0.25) is 19.3 Å². The molecule has 0 bridgehead atoms. The topological polar surface area (TPSA) is 87.9 Å². The van der Waals surface area contributed by atoms with E-state index in [4.69, 9.17) is 4.42 Å². The first kappa shape index (κ1) is 20.3. The molecule has 0 saturated carbocycles. The van der Waals surface area contributed by atoms with Crippen molar-refractivity contribution < 1.29 is 18.8 Å². The second kappa shape index (κ2) is 8.12. The second-order valence-corrected chi connectivity index (χ2v) is 8.62. The second-order valence-electron chi connectivity index (χ2n) is 7.63. The molecular formula is C24H18N2O5S. The summed E-state index contributed by atoms with van der Waals surface area (Å²) in [4.78, 5) is 53.1. The van der Waals surface area contributed by atoms with Crippen molar-refractivity contribution in [2.24, 2.45) is 0 Å². The molecule has 2 aliphatic rings. The third-order valence-electron chi connectivity index (χ3n) is 5.61. The molecule has 8 heteroatoms. The first-order valence-corrected chi connectivity index (χ1v) is 10.9. The number of rotatable bonds is 3. The largest absolute Gasteiger partial charge is 0.422 e. The molecule has 1 aromatic heterocycles. The smallest absolute Gasteiger partial charge is 0.343 e. The molecule has 1 fully saturated rings. The van der Waals surface area contributed by atoms with E-state index in [0.29, 0.717) is 35.8 Å². The predicted molar refractivity (Wildman–Crippen MR) is 121 cm³/mol. The molecule has 3 heterocycles. The van der Waals surface area contributed by atoms with Gasteiger partial charge in [-0.1, -0.05) is 42.5 Å². The van der Waals surface area contributed by atoms with E-state index in [9.17, 15) is 19.2 Å². The lowest BCUT2D eigenvalue weighted by Gasteiger charge is -2.29. The van der Waals surface area contributed by atoms with Gasteiger partial charge in [-0.15, -0.1) is 0 Å². The molecule has 7 nitrogen and oxygen atoms in total. The summed E-state index contributed by atoms with van der Waals surface area (Å²) < 4.78 is 5.28. The van der Waals surface area contributed by atoms with E-state index in [-0.39, 0.29) is 22.9 Å². The van der Waals surface area contributed by atoms with E-state index in [2.05, 4.69) is 0 Å². The van der Waals surface area contributed by atoms with Gasteiger partial charge in [-0.25, -0.2) is 4.79 Å². The molecule has 160 valence electrons. The van der Waals surface area contributed by atoms with Gasteiger partial charge in [0.25, 0.3) is 11.1 Å². The highest BCUT2D eigenvalue weighted by Gasteiger charge is 2.37. The van der Waals surface area contributed by atoms with Crippen molar-refractivity contribution in [2.75, 3.05) is 13.1 Å². The van der Waals surface area contributed by atoms with Gasteiger partial charge < -0.3 is 9.32 Å². The maximum absolute atomic E-state index is 12.8. The van der Waals surface area contributed by atoms with Crippen molar-refractivity contribution in [3.63, 3.8) is 0 Å². The maximum atomic E-state index is 12.8. The van der Waals surface area contributed by atoms with Crippen molar-refractivity contribution in [2.45, 2.75) is 13.0 Å². The Bertz CT molecular complexity index is 1360. The average Bonchev–Trinajstić information content (AvgIpc) is 3.06. The van der Waals surface area contributed by atoms with Gasteiger partial charge in [0.2, 0.25) is 5.91 Å². The van der Waals surface area contributed by atoms with Gasteiger partial charge >= 0.3 is 5.63 Å². The molecular weight excluding hydrogens is 428 g/mol. The zero-order valence-electron chi connectivity index (χ0n) is 16.9. The van der Waals surface area contributed by atoms with Gasteiger partial charge in [0.05, 0.1) is 10.5 Å². The van der Waals surface area contributed by atoms with Crippen LogP contribution in [0.4, 0.5) is 4.79 Å². The van der Waals surface area contributed by atoms with Crippen LogP contribution in [0.5, 0.6) is 0 Å². The summed E-state index contributed by atoms with van der Waals surface area (Å²) in [5.74, 6) is -0.869. The van der Waals surface area contributed by atoms with Crippen LogP contribution >= 0.6 is 11.8 Å². The molecule has 0 radical (unpaired) electrons. The lowest BCUT2D eigenvalue weighted by molar-refractivity contribution is -0.136. The number of hydrogen-bond acceptors (Lipinski definition) is 6. The third kappa shape index (κ3) is 3.73. The Hall–Kier alpha value is -3.65. The normalized spacial score (nSPS) is 17.3. The van der Waals surface area contributed by atoms with Crippen molar-refractivity contribution >= 4 is 45.9 Å². The molecule has 3 amide bonds. The van der Waals surface area contributed by atoms with Gasteiger partial charge in [-0.2, -0.15) is 0 Å². The van der Waals surface area contributed by atoms with Gasteiger partial charge in [0, 0.05) is 18.5 Å². The number of thioether (sulfide) groups is 1. The fourth-order valence-corrected chi connectivity index (χ4v) is 4.73. The molecule has 0 atom stereocenters. The zero-order valence-corrected chi connectivity index (χ0v) is 17.8.